The van der Waals surface area contributed by atoms with Crippen LogP contribution >= 0.6 is 0 Å². The van der Waals surface area contributed by atoms with Crippen LogP contribution in [0.1, 0.15) is 52.6 Å². The highest BCUT2D eigenvalue weighted by Gasteiger charge is 2.33. The molecule has 0 N–H and O–H groups in total. The van der Waals surface area contributed by atoms with Crippen LogP contribution in [0, 0.1) is 13.8 Å². The van der Waals surface area contributed by atoms with Crippen molar-refractivity contribution in [2.45, 2.75) is 33.6 Å². The molecule has 0 aliphatic carbocycles. The van der Waals surface area contributed by atoms with Crippen molar-refractivity contribution in [2.75, 3.05) is 11.5 Å². The van der Waals surface area contributed by atoms with Crippen LogP contribution in [0.25, 0.3) is 17.3 Å². The van der Waals surface area contributed by atoms with Crippen LogP contribution in [-0.2, 0) is 9.53 Å². The molecule has 5 rings (SSSR count). The van der Waals surface area contributed by atoms with Crippen molar-refractivity contribution in [3.05, 3.63) is 113 Å². The Morgan fingerprint density at radius 2 is 1.59 bits per heavy atom. The molecule has 2 heterocycles. The van der Waals surface area contributed by atoms with Gasteiger partial charge in [0.05, 0.1) is 23.4 Å². The number of unbranched alkanes of at least 4 members (excludes halogenated alkanes) is 1. The molecule has 0 radical (unpaired) electrons. The maximum atomic E-state index is 13.6. The zero-order valence-electron chi connectivity index (χ0n) is 21.4. The van der Waals surface area contributed by atoms with Crippen molar-refractivity contribution >= 4 is 34.9 Å². The van der Waals surface area contributed by atoms with Gasteiger partial charge in [0.15, 0.2) is 0 Å². The van der Waals surface area contributed by atoms with Crippen molar-refractivity contribution < 1.29 is 14.3 Å². The van der Waals surface area contributed by atoms with E-state index in [1.165, 1.54) is 0 Å². The number of aromatic nitrogens is 1. The van der Waals surface area contributed by atoms with Crippen molar-refractivity contribution in [1.82, 2.24) is 4.57 Å². The number of aryl methyl sites for hydroxylation is 1. The Morgan fingerprint density at radius 3 is 2.32 bits per heavy atom. The zero-order chi connectivity index (χ0) is 25.9. The van der Waals surface area contributed by atoms with Gasteiger partial charge in [-0.05, 0) is 80.4 Å². The highest BCUT2D eigenvalue weighted by Crippen LogP contribution is 2.42. The summed E-state index contributed by atoms with van der Waals surface area (Å²) in [5.74, 6) is -0.337. The molecule has 0 spiro atoms. The number of carbonyl (C=O) groups is 2. The van der Waals surface area contributed by atoms with Crippen LogP contribution in [0.2, 0.25) is 0 Å². The minimum atomic E-state index is -0.298. The second kappa shape index (κ2) is 10.3. The van der Waals surface area contributed by atoms with Crippen LogP contribution in [0.15, 0.2) is 84.9 Å². The number of fused-ring (bicyclic) bond motifs is 1. The summed E-state index contributed by atoms with van der Waals surface area (Å²) in [5.41, 5.74) is 7.87. The molecule has 3 aromatic carbocycles. The Morgan fingerprint density at radius 1 is 0.892 bits per heavy atom. The van der Waals surface area contributed by atoms with E-state index in [1.807, 2.05) is 86.7 Å². The first kappa shape index (κ1) is 24.3. The Labute approximate surface area is 217 Å². The maximum Gasteiger partial charge on any atom is 0.338 e. The van der Waals surface area contributed by atoms with Crippen LogP contribution in [-0.4, -0.2) is 23.1 Å². The van der Waals surface area contributed by atoms with E-state index in [0.717, 1.165) is 52.4 Å². The summed E-state index contributed by atoms with van der Waals surface area (Å²) in [4.78, 5) is 27.7. The third-order valence-corrected chi connectivity index (χ3v) is 6.75. The first-order chi connectivity index (χ1) is 18.0. The lowest BCUT2D eigenvalue weighted by atomic mass is 10.0. The molecule has 1 aliphatic rings. The number of esters is 1. The van der Waals surface area contributed by atoms with Crippen molar-refractivity contribution in [2.24, 2.45) is 0 Å². The first-order valence-electron chi connectivity index (χ1n) is 12.7. The van der Waals surface area contributed by atoms with Gasteiger partial charge in [-0.25, -0.2) is 4.79 Å². The summed E-state index contributed by atoms with van der Waals surface area (Å²) in [5, 5.41) is 0. The second-order valence-electron chi connectivity index (χ2n) is 9.25. The monoisotopic (exact) mass is 490 g/mol. The van der Waals surface area contributed by atoms with Gasteiger partial charge in [0.1, 0.15) is 0 Å². The topological polar surface area (TPSA) is 51.5 Å². The molecule has 5 nitrogen and oxygen atoms in total. The third-order valence-electron chi connectivity index (χ3n) is 6.75. The Balaban J connectivity index is 1.48. The number of benzene rings is 3. The van der Waals surface area contributed by atoms with Crippen LogP contribution in [0.4, 0.5) is 11.4 Å². The minimum absolute atomic E-state index is 0.0388. The second-order valence-corrected chi connectivity index (χ2v) is 9.25. The molecule has 1 aliphatic heterocycles. The predicted molar refractivity (Wildman–Crippen MR) is 148 cm³/mol. The number of rotatable bonds is 7. The summed E-state index contributed by atoms with van der Waals surface area (Å²) in [7, 11) is 0. The lowest BCUT2D eigenvalue weighted by molar-refractivity contribution is -0.112. The lowest BCUT2D eigenvalue weighted by Gasteiger charge is -2.16. The Kier molecular flexibility index (Phi) is 6.78. The Bertz CT molecular complexity index is 1480. The molecule has 0 bridgehead atoms. The standard InChI is InChI=1S/C32H30N2O3/c1-4-5-19-37-32(36)24-15-17-27(18-16-24)33-22(2)20-25(23(33)3)21-29-28-13-9-10-14-30(28)34(31(29)35)26-11-7-6-8-12-26/h6-18,20-21H,4-5,19H2,1-3H3/b29-21+. The first-order valence-corrected chi connectivity index (χ1v) is 12.7. The molecule has 1 amide bonds. The van der Waals surface area contributed by atoms with Crippen molar-refractivity contribution in [3.63, 3.8) is 0 Å². The highest BCUT2D eigenvalue weighted by atomic mass is 16.5. The number of amides is 1. The van der Waals surface area contributed by atoms with Crippen LogP contribution in [0.5, 0.6) is 0 Å². The molecule has 186 valence electrons. The molecule has 1 aromatic heterocycles. The van der Waals surface area contributed by atoms with E-state index in [0.29, 0.717) is 17.7 Å². The van der Waals surface area contributed by atoms with E-state index in [2.05, 4.69) is 17.6 Å². The van der Waals surface area contributed by atoms with E-state index in [1.54, 1.807) is 17.0 Å². The van der Waals surface area contributed by atoms with E-state index in [9.17, 15) is 9.59 Å². The number of hydrogen-bond donors (Lipinski definition) is 0. The van der Waals surface area contributed by atoms with E-state index < -0.39 is 0 Å². The average molecular weight is 491 g/mol. The largest absolute Gasteiger partial charge is 0.462 e. The molecule has 0 saturated carbocycles. The fourth-order valence-corrected chi connectivity index (χ4v) is 4.84. The molecule has 0 unspecified atom stereocenters. The summed E-state index contributed by atoms with van der Waals surface area (Å²) in [6.07, 6.45) is 3.83. The van der Waals surface area contributed by atoms with Crippen LogP contribution < -0.4 is 4.90 Å². The predicted octanol–water partition coefficient (Wildman–Crippen LogP) is 7.27. The number of nitrogens with zero attached hydrogens (tertiary/aromatic N) is 2. The number of anilines is 2. The van der Waals surface area contributed by atoms with Gasteiger partial charge in [0.25, 0.3) is 5.91 Å². The van der Waals surface area contributed by atoms with Gasteiger partial charge in [0, 0.05) is 28.3 Å². The molecule has 0 saturated heterocycles. The van der Waals surface area contributed by atoms with Gasteiger partial charge in [0.2, 0.25) is 0 Å². The molecule has 0 atom stereocenters. The van der Waals surface area contributed by atoms with Crippen molar-refractivity contribution in [3.8, 4) is 5.69 Å². The smallest absolute Gasteiger partial charge is 0.338 e. The van der Waals surface area contributed by atoms with E-state index >= 15 is 0 Å². The van der Waals surface area contributed by atoms with Crippen LogP contribution in [0.3, 0.4) is 0 Å². The lowest BCUT2D eigenvalue weighted by Crippen LogP contribution is -2.20. The normalized spacial score (nSPS) is 13.8. The van der Waals surface area contributed by atoms with Gasteiger partial charge in [-0.3, -0.25) is 9.69 Å². The molecule has 0 fully saturated rings. The van der Waals surface area contributed by atoms with Gasteiger partial charge in [-0.2, -0.15) is 0 Å². The zero-order valence-corrected chi connectivity index (χ0v) is 21.4. The molecule has 4 aromatic rings. The highest BCUT2D eigenvalue weighted by molar-refractivity contribution is 6.38. The minimum Gasteiger partial charge on any atom is -0.462 e. The summed E-state index contributed by atoms with van der Waals surface area (Å²) in [6.45, 7) is 6.60. The summed E-state index contributed by atoms with van der Waals surface area (Å²) in [6, 6.07) is 27.2. The maximum absolute atomic E-state index is 13.6. The molecular weight excluding hydrogens is 460 g/mol. The summed E-state index contributed by atoms with van der Waals surface area (Å²) >= 11 is 0. The number of hydrogen-bond acceptors (Lipinski definition) is 3. The number of carbonyl (C=O) groups excluding carboxylic acids is 2. The number of ether oxygens (including phenoxy) is 1. The average Bonchev–Trinajstić information content (AvgIpc) is 3.36. The summed E-state index contributed by atoms with van der Waals surface area (Å²) < 4.78 is 7.47. The number of para-hydroxylation sites is 2. The molecule has 37 heavy (non-hydrogen) atoms. The van der Waals surface area contributed by atoms with Gasteiger partial charge in [-0.1, -0.05) is 49.7 Å². The fraction of sp³-hybridized carbons (Fsp3) is 0.188. The SMILES string of the molecule is CCCCOC(=O)c1ccc(-n2c(C)cc(/C=C3/C(=O)N(c4ccccc4)c4ccccc43)c2C)cc1. The van der Waals surface area contributed by atoms with E-state index in [-0.39, 0.29) is 11.9 Å². The molecule has 5 heteroatoms. The van der Waals surface area contributed by atoms with Crippen molar-refractivity contribution in [1.29, 1.82) is 0 Å². The van der Waals surface area contributed by atoms with E-state index in [4.69, 9.17) is 4.74 Å². The van der Waals surface area contributed by atoms with Gasteiger partial charge >= 0.3 is 5.97 Å². The molecular formula is C32H30N2O3. The fourth-order valence-electron chi connectivity index (χ4n) is 4.84. The quantitative estimate of drug-likeness (QED) is 0.155. The third kappa shape index (κ3) is 4.60. The van der Waals surface area contributed by atoms with Gasteiger partial charge < -0.3 is 9.30 Å². The Hall–Kier alpha value is -4.38. The van der Waals surface area contributed by atoms with Gasteiger partial charge in [-0.15, -0.1) is 0 Å².